The number of rotatable bonds is 3. The van der Waals surface area contributed by atoms with Crippen LogP contribution in [-0.4, -0.2) is 28.3 Å². The summed E-state index contributed by atoms with van der Waals surface area (Å²) in [5.41, 5.74) is 0. The van der Waals surface area contributed by atoms with Gasteiger partial charge in [-0.3, -0.25) is 0 Å². The van der Waals surface area contributed by atoms with Crippen molar-refractivity contribution in [1.82, 2.24) is 0 Å². The minimum atomic E-state index is -1.85. The molecule has 0 aromatic heterocycles. The van der Waals surface area contributed by atoms with Crippen LogP contribution in [0.3, 0.4) is 0 Å². The molecule has 1 unspecified atom stereocenters. The van der Waals surface area contributed by atoms with Crippen molar-refractivity contribution >= 4 is 11.9 Å². The molecule has 0 fully saturated rings. The van der Waals surface area contributed by atoms with Crippen molar-refractivity contribution in [1.29, 1.82) is 0 Å². The summed E-state index contributed by atoms with van der Waals surface area (Å²) in [6.07, 6.45) is -2.72. The molecule has 0 saturated heterocycles. The minimum Gasteiger partial charge on any atom is -0.550 e. The van der Waals surface area contributed by atoms with E-state index in [0.717, 1.165) is 0 Å². The summed E-state index contributed by atoms with van der Waals surface area (Å²) in [5.74, 6) is -3.14. The van der Waals surface area contributed by atoms with Gasteiger partial charge in [-0.15, -0.1) is 0 Å². The van der Waals surface area contributed by atoms with Gasteiger partial charge in [-0.1, -0.05) is 0 Å². The predicted molar refractivity (Wildman–Crippen MR) is 23.3 cm³/mol. The van der Waals surface area contributed by atoms with Crippen LogP contribution in [0.15, 0.2) is 0 Å². The molecule has 1 atom stereocenters. The minimum absolute atomic E-state index is 0. The van der Waals surface area contributed by atoms with Gasteiger partial charge in [0.05, 0.1) is 0 Å². The molecule has 0 aliphatic heterocycles. The number of carbonyl (C=O) groups excluding carboxylic acids is 1. The van der Waals surface area contributed by atoms with Crippen molar-refractivity contribution in [2.75, 3.05) is 0 Å². The van der Waals surface area contributed by atoms with Gasteiger partial charge in [0.15, 0.2) is 6.10 Å². The van der Waals surface area contributed by atoms with Crippen LogP contribution in [0, 0.1) is 0 Å². The predicted octanol–water partition coefficient (Wildman–Crippen LogP) is -2.43. The molecule has 0 bridgehead atoms. The Morgan fingerprint density at radius 2 is 1.73 bits per heavy atom. The second kappa shape index (κ2) is 8.48. The standard InChI is InChI=1S/C4H6O5.2Ag/c5-2(4(8)9)1-3(6)7;;/h2,5H,1H2,(H,6,7)(H,8,9);;/q;2*+1/p-1. The van der Waals surface area contributed by atoms with Crippen LogP contribution in [0.25, 0.3) is 0 Å². The fraction of sp³-hybridized carbons (Fsp3) is 0.500. The molecule has 0 aromatic rings. The maximum Gasteiger partial charge on any atom is 1.00 e. The maximum atomic E-state index is 9.69. The van der Waals surface area contributed by atoms with Crippen molar-refractivity contribution in [2.24, 2.45) is 0 Å². The summed E-state index contributed by atoms with van der Waals surface area (Å²) in [6, 6.07) is 0. The summed E-state index contributed by atoms with van der Waals surface area (Å²) in [6.45, 7) is 0. The maximum absolute atomic E-state index is 9.69. The number of aliphatic carboxylic acids is 2. The quantitative estimate of drug-likeness (QED) is 0.553. The summed E-state index contributed by atoms with van der Waals surface area (Å²) in [4.78, 5) is 19.3. The van der Waals surface area contributed by atoms with E-state index >= 15 is 0 Å². The van der Waals surface area contributed by atoms with Gasteiger partial charge in [0.1, 0.15) is 0 Å². The van der Waals surface area contributed by atoms with Gasteiger partial charge in [0.25, 0.3) is 0 Å². The van der Waals surface area contributed by atoms with Crippen molar-refractivity contribution in [3.63, 3.8) is 0 Å². The topological polar surface area (TPSA) is 97.7 Å². The number of hydrogen-bond acceptors (Lipinski definition) is 4. The molecule has 0 radical (unpaired) electrons. The number of carboxylic acid groups (broad SMARTS) is 2. The normalized spacial score (nSPS) is 10.3. The zero-order chi connectivity index (χ0) is 7.44. The second-order valence-electron chi connectivity index (χ2n) is 1.43. The zero-order valence-corrected chi connectivity index (χ0v) is 7.97. The summed E-state index contributed by atoms with van der Waals surface area (Å²) < 4.78 is 0. The van der Waals surface area contributed by atoms with Crippen LogP contribution in [0.1, 0.15) is 6.42 Å². The Kier molecular flexibility index (Phi) is 13.5. The third kappa shape index (κ3) is 10.4. The van der Waals surface area contributed by atoms with Gasteiger partial charge < -0.3 is 20.1 Å². The SMILES string of the molecule is O=C([O-])CC(O)C(=O)O.[Ag+].[Ag+]. The Bertz CT molecular complexity index is 136. The molecule has 0 spiro atoms. The molecule has 5 nitrogen and oxygen atoms in total. The van der Waals surface area contributed by atoms with Crippen molar-refractivity contribution in [3.8, 4) is 0 Å². The van der Waals surface area contributed by atoms with Gasteiger partial charge in [0.2, 0.25) is 0 Å². The van der Waals surface area contributed by atoms with Crippen LogP contribution >= 0.6 is 0 Å². The number of hydrogen-bond donors (Lipinski definition) is 2. The number of aliphatic hydroxyl groups is 1. The molecule has 0 aliphatic rings. The first-order chi connectivity index (χ1) is 4.04. The van der Waals surface area contributed by atoms with E-state index in [9.17, 15) is 14.7 Å². The van der Waals surface area contributed by atoms with E-state index in [2.05, 4.69) is 0 Å². The molecule has 0 aromatic carbocycles. The molecule has 2 N–H and O–H groups in total. The molecule has 0 saturated carbocycles. The molecule has 0 aliphatic carbocycles. The Labute approximate surface area is 93.8 Å². The van der Waals surface area contributed by atoms with Gasteiger partial charge in [0, 0.05) is 12.4 Å². The average Bonchev–Trinajstić information content (AvgIpc) is 1.63. The smallest absolute Gasteiger partial charge is 0.550 e. The van der Waals surface area contributed by atoms with E-state index in [1.807, 2.05) is 0 Å². The van der Waals surface area contributed by atoms with Crippen LogP contribution in [-0.2, 0) is 54.3 Å². The van der Waals surface area contributed by atoms with E-state index in [0.29, 0.717) is 0 Å². The molecule has 72 valence electrons. The molecule has 0 heterocycles. The van der Waals surface area contributed by atoms with Gasteiger partial charge in [-0.2, -0.15) is 0 Å². The Morgan fingerprint density at radius 3 is 1.82 bits per heavy atom. The first-order valence-electron chi connectivity index (χ1n) is 2.14. The van der Waals surface area contributed by atoms with Crippen molar-refractivity contribution in [2.45, 2.75) is 12.5 Å². The van der Waals surface area contributed by atoms with E-state index in [1.165, 1.54) is 0 Å². The third-order valence-corrected chi connectivity index (χ3v) is 0.645. The Balaban J connectivity index is -0.000000320. The van der Waals surface area contributed by atoms with Crippen LogP contribution < -0.4 is 5.11 Å². The summed E-state index contributed by atoms with van der Waals surface area (Å²) in [5, 5.41) is 25.7. The molecular weight excluding hydrogens is 344 g/mol. The van der Waals surface area contributed by atoms with E-state index < -0.39 is 24.5 Å². The second-order valence-corrected chi connectivity index (χ2v) is 1.43. The number of carbonyl (C=O) groups is 2. The first-order valence-corrected chi connectivity index (χ1v) is 2.14. The average molecular weight is 349 g/mol. The van der Waals surface area contributed by atoms with Crippen LogP contribution in [0.2, 0.25) is 0 Å². The van der Waals surface area contributed by atoms with Gasteiger partial charge in [-0.05, 0) is 0 Å². The monoisotopic (exact) mass is 347 g/mol. The first kappa shape index (κ1) is 17.5. The fourth-order valence-corrected chi connectivity index (χ4v) is 0.245. The Hall–Kier alpha value is 0.381. The largest absolute Gasteiger partial charge is 1.00 e. The zero-order valence-electron chi connectivity index (χ0n) is 5.01. The summed E-state index contributed by atoms with van der Waals surface area (Å²) >= 11 is 0. The Morgan fingerprint density at radius 1 is 1.36 bits per heavy atom. The molecular formula is C4H5Ag2O5+. The van der Waals surface area contributed by atoms with Crippen molar-refractivity contribution < 1.29 is 69.7 Å². The van der Waals surface area contributed by atoms with E-state index in [-0.39, 0.29) is 44.8 Å². The van der Waals surface area contributed by atoms with Crippen molar-refractivity contribution in [3.05, 3.63) is 0 Å². The van der Waals surface area contributed by atoms with Gasteiger partial charge in [-0.25, -0.2) is 4.79 Å². The van der Waals surface area contributed by atoms with E-state index in [1.54, 1.807) is 0 Å². The molecule has 7 heteroatoms. The molecule has 0 rings (SSSR count). The summed E-state index contributed by atoms with van der Waals surface area (Å²) in [7, 11) is 0. The fourth-order valence-electron chi connectivity index (χ4n) is 0.245. The number of aliphatic hydroxyl groups excluding tert-OH is 1. The van der Waals surface area contributed by atoms with Crippen LogP contribution in [0.5, 0.6) is 0 Å². The van der Waals surface area contributed by atoms with E-state index in [4.69, 9.17) is 10.2 Å². The third-order valence-electron chi connectivity index (χ3n) is 0.645. The number of carboxylic acids is 2. The molecule has 11 heavy (non-hydrogen) atoms. The van der Waals surface area contributed by atoms with Crippen LogP contribution in [0.4, 0.5) is 0 Å². The van der Waals surface area contributed by atoms with Gasteiger partial charge >= 0.3 is 50.7 Å². The molecule has 0 amide bonds.